The molecule has 2 saturated heterocycles. The van der Waals surface area contributed by atoms with Gasteiger partial charge in [0.05, 0.1) is 18.8 Å². The van der Waals surface area contributed by atoms with Crippen molar-refractivity contribution >= 4 is 16.8 Å². The second kappa shape index (κ2) is 10.2. The average molecular weight is 462 g/mol. The van der Waals surface area contributed by atoms with Crippen molar-refractivity contribution in [1.82, 2.24) is 15.2 Å². The van der Waals surface area contributed by atoms with Gasteiger partial charge in [0.1, 0.15) is 5.75 Å². The first-order valence-electron chi connectivity index (χ1n) is 12.5. The Morgan fingerprint density at radius 3 is 2.76 bits per heavy atom. The molecule has 1 aromatic heterocycles. The van der Waals surface area contributed by atoms with Crippen LogP contribution in [0.2, 0.25) is 0 Å². The number of carbonyl (C=O) groups is 1. The quantitative estimate of drug-likeness (QED) is 0.521. The Morgan fingerprint density at radius 2 is 1.91 bits per heavy atom. The molecule has 1 atom stereocenters. The van der Waals surface area contributed by atoms with Crippen LogP contribution in [0, 0.1) is 0 Å². The Balaban J connectivity index is 1.05. The van der Waals surface area contributed by atoms with Gasteiger partial charge in [0, 0.05) is 55.3 Å². The van der Waals surface area contributed by atoms with Gasteiger partial charge in [0.25, 0.3) is 0 Å². The third-order valence-corrected chi connectivity index (χ3v) is 7.52. The van der Waals surface area contributed by atoms with Crippen molar-refractivity contribution in [2.75, 3.05) is 26.7 Å². The highest BCUT2D eigenvalue weighted by molar-refractivity contribution is 5.84. The molecule has 2 aliphatic rings. The molecule has 6 nitrogen and oxygen atoms in total. The van der Waals surface area contributed by atoms with E-state index in [1.165, 1.54) is 16.5 Å². The van der Waals surface area contributed by atoms with Crippen LogP contribution in [-0.2, 0) is 22.5 Å². The second-order valence-corrected chi connectivity index (χ2v) is 9.71. The Bertz CT molecular complexity index is 1120. The molecule has 3 aromatic rings. The number of hydrogen-bond donors (Lipinski definition) is 2. The number of benzene rings is 2. The van der Waals surface area contributed by atoms with E-state index in [4.69, 9.17) is 9.47 Å². The number of nitrogens with zero attached hydrogens (tertiary/aromatic N) is 1. The number of likely N-dealkylation sites (tertiary alicyclic amines) is 1. The third-order valence-electron chi connectivity index (χ3n) is 7.52. The summed E-state index contributed by atoms with van der Waals surface area (Å²) in [6.07, 6.45) is 7.59. The number of hydrogen-bond acceptors (Lipinski definition) is 4. The monoisotopic (exact) mass is 461 g/mol. The van der Waals surface area contributed by atoms with Crippen LogP contribution < -0.4 is 10.1 Å². The molecule has 2 fully saturated rings. The lowest BCUT2D eigenvalue weighted by atomic mass is 9.88. The standard InChI is InChI=1S/C28H35N3O3/c1-33-26-9-5-2-6-22(26)20-31-16-14-28(15-17-31)13-12-23(34-28)19-30-27(32)11-10-21-18-29-25-8-4-3-7-24(21)25/h2-9,18,23,29H,10-17,19-20H2,1H3,(H,30,32)/t23-/m1/s1. The Kier molecular flexibility index (Phi) is 6.88. The molecule has 0 bridgehead atoms. The van der Waals surface area contributed by atoms with Gasteiger partial charge >= 0.3 is 0 Å². The van der Waals surface area contributed by atoms with Crippen LogP contribution in [0.1, 0.15) is 43.2 Å². The molecular weight excluding hydrogens is 426 g/mol. The molecule has 5 rings (SSSR count). The van der Waals surface area contributed by atoms with Crippen molar-refractivity contribution in [2.24, 2.45) is 0 Å². The Morgan fingerprint density at radius 1 is 1.12 bits per heavy atom. The largest absolute Gasteiger partial charge is 0.496 e. The number of rotatable bonds is 8. The summed E-state index contributed by atoms with van der Waals surface area (Å²) in [5.41, 5.74) is 3.54. The van der Waals surface area contributed by atoms with E-state index in [1.54, 1.807) is 7.11 Å². The van der Waals surface area contributed by atoms with Crippen molar-refractivity contribution < 1.29 is 14.3 Å². The zero-order valence-corrected chi connectivity index (χ0v) is 20.0. The fourth-order valence-electron chi connectivity index (χ4n) is 5.50. The maximum Gasteiger partial charge on any atom is 0.220 e. The van der Waals surface area contributed by atoms with Crippen molar-refractivity contribution in [3.8, 4) is 5.75 Å². The summed E-state index contributed by atoms with van der Waals surface area (Å²) in [5, 5.41) is 4.31. The van der Waals surface area contributed by atoms with E-state index < -0.39 is 0 Å². The highest BCUT2D eigenvalue weighted by Gasteiger charge is 2.42. The van der Waals surface area contributed by atoms with E-state index in [0.29, 0.717) is 13.0 Å². The number of ether oxygens (including phenoxy) is 2. The molecule has 3 heterocycles. The van der Waals surface area contributed by atoms with Crippen LogP contribution in [0.25, 0.3) is 10.9 Å². The first-order chi connectivity index (χ1) is 16.6. The summed E-state index contributed by atoms with van der Waals surface area (Å²) in [7, 11) is 1.73. The summed E-state index contributed by atoms with van der Waals surface area (Å²) in [5.74, 6) is 1.06. The number of methoxy groups -OCH3 is 1. The number of carbonyl (C=O) groups excluding carboxylic acids is 1. The lowest BCUT2D eigenvalue weighted by molar-refractivity contribution is -0.122. The predicted molar refractivity (Wildman–Crippen MR) is 134 cm³/mol. The van der Waals surface area contributed by atoms with Crippen LogP contribution in [-0.4, -0.2) is 54.2 Å². The molecule has 0 aliphatic carbocycles. The van der Waals surface area contributed by atoms with Crippen LogP contribution in [0.4, 0.5) is 0 Å². The minimum absolute atomic E-state index is 0.0172. The van der Waals surface area contributed by atoms with Gasteiger partial charge in [0.2, 0.25) is 5.91 Å². The SMILES string of the molecule is COc1ccccc1CN1CCC2(CC[C@H](CNC(=O)CCc3c[nH]c4ccccc34)O2)CC1. The minimum Gasteiger partial charge on any atom is -0.496 e. The highest BCUT2D eigenvalue weighted by atomic mass is 16.5. The molecule has 1 amide bonds. The summed E-state index contributed by atoms with van der Waals surface area (Å²) in [4.78, 5) is 18.2. The van der Waals surface area contributed by atoms with E-state index in [2.05, 4.69) is 39.5 Å². The van der Waals surface area contributed by atoms with Crippen molar-refractivity contribution in [3.05, 3.63) is 65.9 Å². The predicted octanol–water partition coefficient (Wildman–Crippen LogP) is 4.44. The minimum atomic E-state index is -0.0172. The number of aromatic nitrogens is 1. The van der Waals surface area contributed by atoms with Gasteiger partial charge in [-0.3, -0.25) is 9.69 Å². The number of fused-ring (bicyclic) bond motifs is 1. The van der Waals surface area contributed by atoms with Gasteiger partial charge in [-0.05, 0) is 49.8 Å². The number of piperidine rings is 1. The van der Waals surface area contributed by atoms with E-state index in [-0.39, 0.29) is 17.6 Å². The van der Waals surface area contributed by atoms with E-state index in [1.807, 2.05) is 30.5 Å². The lowest BCUT2D eigenvalue weighted by Gasteiger charge is -2.39. The maximum atomic E-state index is 12.5. The number of amides is 1. The van der Waals surface area contributed by atoms with Crippen LogP contribution in [0.5, 0.6) is 5.75 Å². The number of para-hydroxylation sites is 2. The molecule has 2 aromatic carbocycles. The van der Waals surface area contributed by atoms with Gasteiger partial charge in [-0.15, -0.1) is 0 Å². The molecule has 180 valence electrons. The Hall–Kier alpha value is -2.83. The molecule has 1 spiro atoms. The van der Waals surface area contributed by atoms with E-state index in [0.717, 1.165) is 63.0 Å². The van der Waals surface area contributed by atoms with Crippen LogP contribution in [0.15, 0.2) is 54.7 Å². The molecule has 2 N–H and O–H groups in total. The van der Waals surface area contributed by atoms with Crippen LogP contribution in [0.3, 0.4) is 0 Å². The lowest BCUT2D eigenvalue weighted by Crippen LogP contribution is -2.44. The van der Waals surface area contributed by atoms with E-state index >= 15 is 0 Å². The van der Waals surface area contributed by atoms with Crippen molar-refractivity contribution in [2.45, 2.75) is 56.8 Å². The number of aryl methyl sites for hydroxylation is 1. The number of aromatic amines is 1. The van der Waals surface area contributed by atoms with Crippen molar-refractivity contribution in [1.29, 1.82) is 0 Å². The third kappa shape index (κ3) is 5.13. The molecule has 6 heteroatoms. The fraction of sp³-hybridized carbons (Fsp3) is 0.464. The maximum absolute atomic E-state index is 12.5. The molecule has 34 heavy (non-hydrogen) atoms. The number of H-pyrrole nitrogens is 1. The summed E-state index contributed by atoms with van der Waals surface area (Å²) >= 11 is 0. The highest BCUT2D eigenvalue weighted by Crippen LogP contribution is 2.39. The summed E-state index contributed by atoms with van der Waals surface area (Å²) in [6, 6.07) is 16.5. The molecular formula is C28H35N3O3. The molecule has 2 aliphatic heterocycles. The summed E-state index contributed by atoms with van der Waals surface area (Å²) in [6.45, 7) is 3.58. The van der Waals surface area contributed by atoms with Gasteiger partial charge < -0.3 is 19.8 Å². The zero-order valence-electron chi connectivity index (χ0n) is 20.0. The van der Waals surface area contributed by atoms with Gasteiger partial charge in [0.15, 0.2) is 0 Å². The topological polar surface area (TPSA) is 66.6 Å². The van der Waals surface area contributed by atoms with Gasteiger partial charge in [-0.1, -0.05) is 36.4 Å². The molecule has 0 unspecified atom stereocenters. The second-order valence-electron chi connectivity index (χ2n) is 9.71. The first kappa shape index (κ1) is 22.9. The Labute approximate surface area is 201 Å². The smallest absolute Gasteiger partial charge is 0.220 e. The average Bonchev–Trinajstić information content (AvgIpc) is 3.47. The first-order valence-corrected chi connectivity index (χ1v) is 12.5. The van der Waals surface area contributed by atoms with Gasteiger partial charge in [-0.2, -0.15) is 0 Å². The summed E-state index contributed by atoms with van der Waals surface area (Å²) < 4.78 is 12.0. The fourth-order valence-corrected chi connectivity index (χ4v) is 5.50. The van der Waals surface area contributed by atoms with Gasteiger partial charge in [-0.25, -0.2) is 0 Å². The molecule has 0 saturated carbocycles. The van der Waals surface area contributed by atoms with Crippen molar-refractivity contribution in [3.63, 3.8) is 0 Å². The zero-order chi connectivity index (χ0) is 23.4. The van der Waals surface area contributed by atoms with E-state index in [9.17, 15) is 4.79 Å². The normalized spacial score (nSPS) is 20.1. The number of nitrogens with one attached hydrogen (secondary N) is 2. The van der Waals surface area contributed by atoms with Crippen LogP contribution >= 0.6 is 0 Å². The molecule has 0 radical (unpaired) electrons.